The number of rotatable bonds is 5. The van der Waals surface area contributed by atoms with Crippen molar-refractivity contribution in [1.82, 2.24) is 0 Å². The highest BCUT2D eigenvalue weighted by atomic mass is 16.7. The zero-order valence-corrected chi connectivity index (χ0v) is 10.6. The molecular formula is C14H18O4. The molecule has 0 aliphatic carbocycles. The summed E-state index contributed by atoms with van der Waals surface area (Å²) < 4.78 is 16.2. The minimum atomic E-state index is -0.685. The van der Waals surface area contributed by atoms with Gasteiger partial charge in [-0.25, -0.2) is 0 Å². The fourth-order valence-corrected chi connectivity index (χ4v) is 2.17. The van der Waals surface area contributed by atoms with Crippen molar-refractivity contribution in [2.75, 3.05) is 20.3 Å². The van der Waals surface area contributed by atoms with E-state index in [1.54, 1.807) is 0 Å². The highest BCUT2D eigenvalue weighted by Gasteiger charge is 2.37. The third kappa shape index (κ3) is 2.89. The largest absolute Gasteiger partial charge is 0.469 e. The first-order valence-electron chi connectivity index (χ1n) is 6.17. The molecule has 0 aromatic heterocycles. The van der Waals surface area contributed by atoms with E-state index in [1.807, 2.05) is 30.3 Å². The molecule has 1 aliphatic heterocycles. The topological polar surface area (TPSA) is 44.8 Å². The summed E-state index contributed by atoms with van der Waals surface area (Å²) in [7, 11) is 1.40. The van der Waals surface area contributed by atoms with E-state index in [2.05, 4.69) is 4.74 Å². The van der Waals surface area contributed by atoms with Crippen molar-refractivity contribution in [2.45, 2.75) is 25.0 Å². The smallest absolute Gasteiger partial charge is 0.305 e. The molecule has 1 aromatic carbocycles. The molecule has 1 aliphatic rings. The van der Waals surface area contributed by atoms with Crippen LogP contribution in [0.2, 0.25) is 0 Å². The van der Waals surface area contributed by atoms with Crippen molar-refractivity contribution < 1.29 is 19.0 Å². The van der Waals surface area contributed by atoms with E-state index in [4.69, 9.17) is 9.47 Å². The van der Waals surface area contributed by atoms with Gasteiger partial charge in [-0.2, -0.15) is 0 Å². The predicted molar refractivity (Wildman–Crippen MR) is 65.9 cm³/mol. The summed E-state index contributed by atoms with van der Waals surface area (Å²) in [6.45, 7) is 1.18. The van der Waals surface area contributed by atoms with Gasteiger partial charge < -0.3 is 14.2 Å². The van der Waals surface area contributed by atoms with Gasteiger partial charge in [-0.3, -0.25) is 4.79 Å². The number of benzene rings is 1. The van der Waals surface area contributed by atoms with Crippen molar-refractivity contribution in [3.63, 3.8) is 0 Å². The second kappa shape index (κ2) is 5.98. The van der Waals surface area contributed by atoms with E-state index in [-0.39, 0.29) is 5.97 Å². The molecule has 4 nitrogen and oxygen atoms in total. The number of methoxy groups -OCH3 is 1. The van der Waals surface area contributed by atoms with Crippen LogP contribution in [0.3, 0.4) is 0 Å². The van der Waals surface area contributed by atoms with E-state index in [0.29, 0.717) is 32.5 Å². The molecule has 98 valence electrons. The molecule has 1 saturated heterocycles. The summed E-state index contributed by atoms with van der Waals surface area (Å²) in [5.74, 6) is -0.883. The van der Waals surface area contributed by atoms with Crippen LogP contribution in [0.1, 0.15) is 24.8 Å². The van der Waals surface area contributed by atoms with Gasteiger partial charge in [0.2, 0.25) is 0 Å². The van der Waals surface area contributed by atoms with Gasteiger partial charge in [0.15, 0.2) is 5.79 Å². The fourth-order valence-electron chi connectivity index (χ4n) is 2.17. The normalized spacial score (nSPS) is 17.6. The van der Waals surface area contributed by atoms with Gasteiger partial charge in [0.25, 0.3) is 0 Å². The average molecular weight is 250 g/mol. The Morgan fingerprint density at radius 1 is 1.28 bits per heavy atom. The number of hydrogen-bond donors (Lipinski definition) is 0. The lowest BCUT2D eigenvalue weighted by molar-refractivity contribution is -0.172. The maximum Gasteiger partial charge on any atom is 0.305 e. The molecule has 0 bridgehead atoms. The van der Waals surface area contributed by atoms with Crippen molar-refractivity contribution in [1.29, 1.82) is 0 Å². The first-order chi connectivity index (χ1) is 8.77. The highest BCUT2D eigenvalue weighted by molar-refractivity contribution is 5.69. The molecule has 0 spiro atoms. The van der Waals surface area contributed by atoms with Gasteiger partial charge in [0.05, 0.1) is 20.3 Å². The van der Waals surface area contributed by atoms with Crippen LogP contribution in [0.5, 0.6) is 0 Å². The van der Waals surface area contributed by atoms with E-state index in [1.165, 1.54) is 7.11 Å². The summed E-state index contributed by atoms with van der Waals surface area (Å²) in [6.07, 6.45) is 1.73. The fraction of sp³-hybridized carbons (Fsp3) is 0.500. The van der Waals surface area contributed by atoms with Gasteiger partial charge in [0.1, 0.15) is 0 Å². The molecule has 0 amide bonds. The molecule has 0 radical (unpaired) electrons. The summed E-state index contributed by atoms with van der Waals surface area (Å²) in [4.78, 5) is 11.1. The molecule has 1 aromatic rings. The van der Waals surface area contributed by atoms with Gasteiger partial charge in [0, 0.05) is 18.4 Å². The number of ether oxygens (including phenoxy) is 3. The number of carbonyl (C=O) groups is 1. The molecule has 1 heterocycles. The van der Waals surface area contributed by atoms with E-state index >= 15 is 0 Å². The minimum Gasteiger partial charge on any atom is -0.469 e. The van der Waals surface area contributed by atoms with Crippen LogP contribution >= 0.6 is 0 Å². The maximum absolute atomic E-state index is 11.1. The monoisotopic (exact) mass is 250 g/mol. The van der Waals surface area contributed by atoms with Crippen LogP contribution in [0.25, 0.3) is 0 Å². The second-order valence-electron chi connectivity index (χ2n) is 4.25. The first-order valence-corrected chi connectivity index (χ1v) is 6.17. The van der Waals surface area contributed by atoms with Crippen LogP contribution in [0.15, 0.2) is 30.3 Å². The SMILES string of the molecule is COC(=O)CCCC1(c2ccccc2)OCCO1. The van der Waals surface area contributed by atoms with Gasteiger partial charge in [-0.15, -0.1) is 0 Å². The summed E-state index contributed by atoms with van der Waals surface area (Å²) in [5, 5.41) is 0. The Kier molecular flexibility index (Phi) is 4.33. The molecular weight excluding hydrogens is 232 g/mol. The number of carbonyl (C=O) groups excluding carboxylic acids is 1. The van der Waals surface area contributed by atoms with Gasteiger partial charge in [-0.1, -0.05) is 30.3 Å². The summed E-state index contributed by atoms with van der Waals surface area (Å²) in [5.41, 5.74) is 1.01. The van der Waals surface area contributed by atoms with Crippen LogP contribution in [0.4, 0.5) is 0 Å². The summed E-state index contributed by atoms with van der Waals surface area (Å²) in [6, 6.07) is 9.86. The summed E-state index contributed by atoms with van der Waals surface area (Å²) >= 11 is 0. The maximum atomic E-state index is 11.1. The van der Waals surface area contributed by atoms with Crippen LogP contribution in [0, 0.1) is 0 Å². The average Bonchev–Trinajstić information content (AvgIpc) is 2.89. The van der Waals surface area contributed by atoms with E-state index < -0.39 is 5.79 Å². The van der Waals surface area contributed by atoms with Gasteiger partial charge in [-0.05, 0) is 6.42 Å². The zero-order chi connectivity index (χ0) is 12.8. The van der Waals surface area contributed by atoms with Crippen molar-refractivity contribution in [3.05, 3.63) is 35.9 Å². The van der Waals surface area contributed by atoms with Crippen molar-refractivity contribution in [2.24, 2.45) is 0 Å². The Morgan fingerprint density at radius 3 is 2.56 bits per heavy atom. The lowest BCUT2D eigenvalue weighted by Gasteiger charge is -2.27. The molecule has 18 heavy (non-hydrogen) atoms. The Morgan fingerprint density at radius 2 is 1.94 bits per heavy atom. The molecule has 0 unspecified atom stereocenters. The lowest BCUT2D eigenvalue weighted by atomic mass is 9.99. The molecule has 0 atom stereocenters. The van der Waals surface area contributed by atoms with Crippen molar-refractivity contribution >= 4 is 5.97 Å². The molecule has 4 heteroatoms. The Bertz CT molecular complexity index is 382. The zero-order valence-electron chi connectivity index (χ0n) is 10.6. The minimum absolute atomic E-state index is 0.198. The van der Waals surface area contributed by atoms with Crippen molar-refractivity contribution in [3.8, 4) is 0 Å². The molecule has 0 N–H and O–H groups in total. The Hall–Kier alpha value is -1.39. The molecule has 2 rings (SSSR count). The van der Waals surface area contributed by atoms with Gasteiger partial charge >= 0.3 is 5.97 Å². The predicted octanol–water partition coefficient (Wildman–Crippen LogP) is 2.23. The van der Waals surface area contributed by atoms with E-state index in [9.17, 15) is 4.79 Å². The lowest BCUT2D eigenvalue weighted by Crippen LogP contribution is -2.27. The number of esters is 1. The highest BCUT2D eigenvalue weighted by Crippen LogP contribution is 2.36. The third-order valence-electron chi connectivity index (χ3n) is 3.08. The van der Waals surface area contributed by atoms with Crippen LogP contribution in [-0.2, 0) is 24.8 Å². The molecule has 1 fully saturated rings. The third-order valence-corrected chi connectivity index (χ3v) is 3.08. The van der Waals surface area contributed by atoms with Crippen LogP contribution < -0.4 is 0 Å². The Labute approximate surface area is 107 Å². The van der Waals surface area contributed by atoms with Crippen LogP contribution in [-0.4, -0.2) is 26.3 Å². The quantitative estimate of drug-likeness (QED) is 0.752. The second-order valence-corrected chi connectivity index (χ2v) is 4.25. The van der Waals surface area contributed by atoms with E-state index in [0.717, 1.165) is 5.56 Å². The standard InChI is InChI=1S/C14H18O4/c1-16-13(15)8-5-9-14(17-10-11-18-14)12-6-3-2-4-7-12/h2-4,6-7H,5,8-11H2,1H3. The Balaban J connectivity index is 2.02. The number of hydrogen-bond acceptors (Lipinski definition) is 4. The first kappa shape index (κ1) is 13.1. The molecule has 0 saturated carbocycles.